The number of carbonyl (C=O) groups is 1. The van der Waals surface area contributed by atoms with Gasteiger partial charge in [0.15, 0.2) is 0 Å². The lowest BCUT2D eigenvalue weighted by Gasteiger charge is -2.21. The summed E-state index contributed by atoms with van der Waals surface area (Å²) in [6.45, 7) is 5.08. The maximum atomic E-state index is 12.9. The molecular formula is C17H22N2OS. The highest BCUT2D eigenvalue weighted by Crippen LogP contribution is 2.37. The molecule has 1 aromatic carbocycles. The average Bonchev–Trinajstić information content (AvgIpc) is 3.24. The molecule has 1 amide bonds. The molecule has 1 aliphatic rings. The predicted molar refractivity (Wildman–Crippen MR) is 89.9 cm³/mol. The Morgan fingerprint density at radius 3 is 2.86 bits per heavy atom. The summed E-state index contributed by atoms with van der Waals surface area (Å²) in [4.78, 5) is 15.6. The molecule has 1 saturated carbocycles. The van der Waals surface area contributed by atoms with Crippen molar-refractivity contribution < 1.29 is 4.79 Å². The number of unbranched alkanes of at least 4 members (excludes halogenated alkanes) is 1. The zero-order valence-corrected chi connectivity index (χ0v) is 13.5. The Morgan fingerprint density at radius 2 is 2.19 bits per heavy atom. The van der Waals surface area contributed by atoms with Crippen molar-refractivity contribution in [3.05, 3.63) is 28.6 Å². The first-order valence-corrected chi connectivity index (χ1v) is 8.53. The number of nitrogen functional groups attached to an aromatic ring is 1. The van der Waals surface area contributed by atoms with Crippen LogP contribution in [0.2, 0.25) is 0 Å². The predicted octanol–water partition coefficient (Wildman–Crippen LogP) is 4.20. The molecule has 0 unspecified atom stereocenters. The molecule has 3 nitrogen and oxygen atoms in total. The lowest BCUT2D eigenvalue weighted by Crippen LogP contribution is -2.33. The number of benzene rings is 1. The lowest BCUT2D eigenvalue weighted by molar-refractivity contribution is 0.0746. The first-order chi connectivity index (χ1) is 10.1. The van der Waals surface area contributed by atoms with Crippen molar-refractivity contribution in [3.63, 3.8) is 0 Å². The normalized spacial score (nSPS) is 14.6. The molecule has 1 fully saturated rings. The minimum Gasteiger partial charge on any atom is -0.397 e. The molecule has 1 heterocycles. The maximum absolute atomic E-state index is 12.9. The zero-order chi connectivity index (χ0) is 15.0. The lowest BCUT2D eigenvalue weighted by atomic mass is 10.1. The van der Waals surface area contributed by atoms with E-state index >= 15 is 0 Å². The van der Waals surface area contributed by atoms with Gasteiger partial charge in [0.05, 0.1) is 5.69 Å². The highest BCUT2D eigenvalue weighted by Gasteiger charge is 2.34. The number of hydrogen-bond donors (Lipinski definition) is 1. The number of anilines is 1. The second kappa shape index (κ2) is 5.68. The first kappa shape index (κ1) is 14.4. The molecule has 2 N–H and O–H groups in total. The van der Waals surface area contributed by atoms with Crippen LogP contribution in [0.1, 0.15) is 47.8 Å². The van der Waals surface area contributed by atoms with E-state index in [2.05, 4.69) is 26.0 Å². The van der Waals surface area contributed by atoms with E-state index in [1.54, 1.807) is 0 Å². The van der Waals surface area contributed by atoms with Gasteiger partial charge in [-0.1, -0.05) is 25.5 Å². The smallest absolute Gasteiger partial charge is 0.266 e. The van der Waals surface area contributed by atoms with Gasteiger partial charge in [-0.3, -0.25) is 4.79 Å². The van der Waals surface area contributed by atoms with Gasteiger partial charge in [-0.2, -0.15) is 0 Å². The number of carbonyl (C=O) groups excluding carboxylic acids is 1. The first-order valence-electron chi connectivity index (χ1n) is 7.71. The van der Waals surface area contributed by atoms with Crippen LogP contribution in [0.25, 0.3) is 10.1 Å². The minimum atomic E-state index is 0.127. The largest absolute Gasteiger partial charge is 0.397 e. The fraction of sp³-hybridized carbons (Fsp3) is 0.471. The van der Waals surface area contributed by atoms with E-state index < -0.39 is 0 Å². The summed E-state index contributed by atoms with van der Waals surface area (Å²) >= 11 is 1.54. The van der Waals surface area contributed by atoms with Crippen molar-refractivity contribution in [2.45, 2.75) is 45.6 Å². The molecule has 0 saturated heterocycles. The number of amides is 1. The molecule has 0 radical (unpaired) electrons. The molecule has 1 aromatic heterocycles. The number of hydrogen-bond acceptors (Lipinski definition) is 3. The van der Waals surface area contributed by atoms with E-state index in [1.807, 2.05) is 11.0 Å². The van der Waals surface area contributed by atoms with Crippen LogP contribution < -0.4 is 5.73 Å². The SMILES string of the molecule is CCCCN(C(=O)c1sc2cc(C)ccc2c1N)C1CC1. The topological polar surface area (TPSA) is 46.3 Å². The van der Waals surface area contributed by atoms with Crippen LogP contribution in [0.5, 0.6) is 0 Å². The van der Waals surface area contributed by atoms with Gasteiger partial charge in [0.1, 0.15) is 4.88 Å². The van der Waals surface area contributed by atoms with Crippen LogP contribution >= 0.6 is 11.3 Å². The van der Waals surface area contributed by atoms with Crippen LogP contribution in [0, 0.1) is 6.92 Å². The van der Waals surface area contributed by atoms with Gasteiger partial charge in [0.25, 0.3) is 5.91 Å². The zero-order valence-electron chi connectivity index (χ0n) is 12.7. The van der Waals surface area contributed by atoms with Gasteiger partial charge in [-0.05, 0) is 37.8 Å². The minimum absolute atomic E-state index is 0.127. The molecular weight excluding hydrogens is 280 g/mol. The van der Waals surface area contributed by atoms with Crippen LogP contribution in [0.4, 0.5) is 5.69 Å². The molecule has 0 bridgehead atoms. The van der Waals surface area contributed by atoms with Crippen molar-refractivity contribution in [3.8, 4) is 0 Å². The van der Waals surface area contributed by atoms with E-state index in [1.165, 1.54) is 16.9 Å². The van der Waals surface area contributed by atoms with Crippen molar-refractivity contribution in [1.29, 1.82) is 0 Å². The van der Waals surface area contributed by atoms with Crippen molar-refractivity contribution >= 4 is 33.0 Å². The molecule has 21 heavy (non-hydrogen) atoms. The monoisotopic (exact) mass is 302 g/mol. The number of fused-ring (bicyclic) bond motifs is 1. The Hall–Kier alpha value is -1.55. The Bertz CT molecular complexity index is 673. The summed E-state index contributed by atoms with van der Waals surface area (Å²) in [5, 5.41) is 1.01. The summed E-state index contributed by atoms with van der Waals surface area (Å²) in [5.74, 6) is 0.127. The quantitative estimate of drug-likeness (QED) is 0.900. The van der Waals surface area contributed by atoms with Gasteiger partial charge in [0, 0.05) is 22.7 Å². The number of rotatable bonds is 5. The highest BCUT2D eigenvalue weighted by molar-refractivity contribution is 7.21. The van der Waals surface area contributed by atoms with Crippen molar-refractivity contribution in [2.75, 3.05) is 12.3 Å². The molecule has 2 aromatic rings. The van der Waals surface area contributed by atoms with Crippen LogP contribution in [0.15, 0.2) is 18.2 Å². The fourth-order valence-corrected chi connectivity index (χ4v) is 3.85. The second-order valence-corrected chi connectivity index (χ2v) is 6.98. The van der Waals surface area contributed by atoms with Gasteiger partial charge in [-0.15, -0.1) is 11.3 Å². The molecule has 0 spiro atoms. The van der Waals surface area contributed by atoms with Crippen LogP contribution in [-0.2, 0) is 0 Å². The molecule has 3 rings (SSSR count). The highest BCUT2D eigenvalue weighted by atomic mass is 32.1. The number of aryl methyl sites for hydroxylation is 1. The summed E-state index contributed by atoms with van der Waals surface area (Å²) in [7, 11) is 0. The Balaban J connectivity index is 1.94. The van der Waals surface area contributed by atoms with Crippen molar-refractivity contribution in [2.24, 2.45) is 0 Å². The standard InChI is InChI=1S/C17H22N2OS/c1-3-4-9-19(12-6-7-12)17(20)16-15(18)13-8-5-11(2)10-14(13)21-16/h5,8,10,12H,3-4,6-7,9,18H2,1-2H3. The molecule has 4 heteroatoms. The molecule has 112 valence electrons. The molecule has 0 atom stereocenters. The van der Waals surface area contributed by atoms with Crippen LogP contribution in [-0.4, -0.2) is 23.4 Å². The van der Waals surface area contributed by atoms with E-state index in [0.29, 0.717) is 11.7 Å². The third kappa shape index (κ3) is 2.77. The fourth-order valence-electron chi connectivity index (χ4n) is 2.68. The molecule has 1 aliphatic carbocycles. The van der Waals surface area contributed by atoms with E-state index in [-0.39, 0.29) is 5.91 Å². The van der Waals surface area contributed by atoms with Crippen LogP contribution in [0.3, 0.4) is 0 Å². The van der Waals surface area contributed by atoms with Gasteiger partial charge >= 0.3 is 0 Å². The molecule has 0 aliphatic heterocycles. The van der Waals surface area contributed by atoms with Gasteiger partial charge in [-0.25, -0.2) is 0 Å². The van der Waals surface area contributed by atoms with Gasteiger partial charge < -0.3 is 10.6 Å². The summed E-state index contributed by atoms with van der Waals surface area (Å²) < 4.78 is 1.11. The summed E-state index contributed by atoms with van der Waals surface area (Å²) in [6, 6.07) is 6.63. The van der Waals surface area contributed by atoms with Gasteiger partial charge in [0.2, 0.25) is 0 Å². The Morgan fingerprint density at radius 1 is 1.43 bits per heavy atom. The third-order valence-corrected chi connectivity index (χ3v) is 5.24. The maximum Gasteiger partial charge on any atom is 0.266 e. The number of nitrogens with zero attached hydrogens (tertiary/aromatic N) is 1. The van der Waals surface area contributed by atoms with E-state index in [9.17, 15) is 4.79 Å². The summed E-state index contributed by atoms with van der Waals surface area (Å²) in [5.41, 5.74) is 8.10. The second-order valence-electron chi connectivity index (χ2n) is 5.93. The van der Waals surface area contributed by atoms with E-state index in [0.717, 1.165) is 47.2 Å². The number of nitrogens with two attached hydrogens (primary N) is 1. The summed E-state index contributed by atoms with van der Waals surface area (Å²) in [6.07, 6.45) is 4.45. The Labute approximate surface area is 129 Å². The third-order valence-electron chi connectivity index (χ3n) is 4.08. The van der Waals surface area contributed by atoms with Crippen molar-refractivity contribution in [1.82, 2.24) is 4.90 Å². The average molecular weight is 302 g/mol. The number of thiophene rings is 1. The van der Waals surface area contributed by atoms with E-state index in [4.69, 9.17) is 5.73 Å². The Kier molecular flexibility index (Phi) is 3.89.